The Balaban J connectivity index is 0.00000107. The van der Waals surface area contributed by atoms with Crippen molar-refractivity contribution >= 4 is 18.4 Å². The van der Waals surface area contributed by atoms with Gasteiger partial charge in [0.25, 0.3) is 6.47 Å². The number of pyridine rings is 1. The van der Waals surface area contributed by atoms with Gasteiger partial charge in [0, 0.05) is 50.4 Å². The van der Waals surface area contributed by atoms with Crippen LogP contribution in [0.3, 0.4) is 0 Å². The summed E-state index contributed by atoms with van der Waals surface area (Å²) in [5.41, 5.74) is 1.97. The van der Waals surface area contributed by atoms with Crippen LogP contribution in [0.4, 0.5) is 6.01 Å². The van der Waals surface area contributed by atoms with E-state index >= 15 is 0 Å². The second-order valence-corrected chi connectivity index (χ2v) is 9.45. The number of carboxylic acid groups (broad SMARTS) is 1. The summed E-state index contributed by atoms with van der Waals surface area (Å²) in [4.78, 5) is 34.6. The molecular formula is C27H34N6O5. The summed E-state index contributed by atoms with van der Waals surface area (Å²) < 4.78 is 10.7. The first-order valence-electron chi connectivity index (χ1n) is 12.8. The summed E-state index contributed by atoms with van der Waals surface area (Å²) in [6.45, 7) is 4.88. The summed E-state index contributed by atoms with van der Waals surface area (Å²) in [7, 11) is 1.64. The Morgan fingerprint density at radius 2 is 1.92 bits per heavy atom. The van der Waals surface area contributed by atoms with Gasteiger partial charge >= 0.3 is 6.01 Å². The maximum atomic E-state index is 12.8. The normalized spacial score (nSPS) is 17.9. The van der Waals surface area contributed by atoms with Gasteiger partial charge in [-0.2, -0.15) is 4.98 Å². The lowest BCUT2D eigenvalue weighted by molar-refractivity contribution is -0.126. The first-order chi connectivity index (χ1) is 18.6. The van der Waals surface area contributed by atoms with E-state index in [1.54, 1.807) is 7.11 Å². The molecule has 3 aromatic rings. The maximum Gasteiger partial charge on any atom is 0.324 e. The predicted molar refractivity (Wildman–Crippen MR) is 141 cm³/mol. The molecule has 5 rings (SSSR count). The summed E-state index contributed by atoms with van der Waals surface area (Å²) in [5, 5.41) is 14.2. The van der Waals surface area contributed by atoms with E-state index in [2.05, 4.69) is 36.3 Å². The highest BCUT2D eigenvalue weighted by Crippen LogP contribution is 2.26. The molecule has 1 aromatic carbocycles. The van der Waals surface area contributed by atoms with Gasteiger partial charge in [0.2, 0.25) is 11.7 Å². The summed E-state index contributed by atoms with van der Waals surface area (Å²) >= 11 is 0. The second-order valence-electron chi connectivity index (χ2n) is 9.45. The van der Waals surface area contributed by atoms with Crippen molar-refractivity contribution in [2.24, 2.45) is 11.8 Å². The van der Waals surface area contributed by atoms with Crippen molar-refractivity contribution in [2.75, 3.05) is 44.7 Å². The number of hydrogen-bond acceptors (Lipinski definition) is 9. The first-order valence-corrected chi connectivity index (χ1v) is 12.8. The Morgan fingerprint density at radius 1 is 1.16 bits per heavy atom. The zero-order chi connectivity index (χ0) is 26.7. The van der Waals surface area contributed by atoms with Crippen LogP contribution in [0.15, 0.2) is 53.2 Å². The predicted octanol–water partition coefficient (Wildman–Crippen LogP) is 2.70. The lowest BCUT2D eigenvalue weighted by Crippen LogP contribution is -2.42. The van der Waals surface area contributed by atoms with E-state index in [4.69, 9.17) is 19.2 Å². The van der Waals surface area contributed by atoms with Gasteiger partial charge in [-0.05, 0) is 68.1 Å². The van der Waals surface area contributed by atoms with E-state index in [9.17, 15) is 4.79 Å². The number of piperidine rings is 1. The van der Waals surface area contributed by atoms with Crippen LogP contribution >= 0.6 is 0 Å². The summed E-state index contributed by atoms with van der Waals surface area (Å²) in [6.07, 6.45) is 4.51. The number of carbonyl (C=O) groups excluding carboxylic acids is 1. The number of benzene rings is 1. The minimum atomic E-state index is -0.250. The van der Waals surface area contributed by atoms with Gasteiger partial charge in [0.05, 0.1) is 12.8 Å². The van der Waals surface area contributed by atoms with Gasteiger partial charge in [0.1, 0.15) is 5.75 Å². The molecule has 2 fully saturated rings. The third-order valence-electron chi connectivity index (χ3n) is 6.95. The van der Waals surface area contributed by atoms with Crippen LogP contribution in [0, 0.1) is 11.8 Å². The Labute approximate surface area is 221 Å². The molecule has 38 heavy (non-hydrogen) atoms. The molecule has 1 atom stereocenters. The Kier molecular flexibility index (Phi) is 9.63. The van der Waals surface area contributed by atoms with Crippen molar-refractivity contribution in [2.45, 2.75) is 25.8 Å². The topological polar surface area (TPSA) is 134 Å². The average Bonchev–Trinajstić information content (AvgIpc) is 3.63. The van der Waals surface area contributed by atoms with Crippen molar-refractivity contribution < 1.29 is 24.0 Å². The van der Waals surface area contributed by atoms with Gasteiger partial charge in [-0.25, -0.2) is 0 Å². The van der Waals surface area contributed by atoms with Crippen LogP contribution in [-0.4, -0.2) is 77.3 Å². The van der Waals surface area contributed by atoms with Crippen molar-refractivity contribution in [1.29, 1.82) is 0 Å². The van der Waals surface area contributed by atoms with E-state index in [1.807, 2.05) is 42.6 Å². The minimum absolute atomic E-state index is 0.0289. The highest BCUT2D eigenvalue weighted by Gasteiger charge is 2.29. The molecule has 1 unspecified atom stereocenters. The molecule has 2 N–H and O–H groups in total. The fraction of sp³-hybridized carbons (Fsp3) is 0.444. The maximum absolute atomic E-state index is 12.8. The number of methoxy groups -OCH3 is 1. The van der Waals surface area contributed by atoms with Gasteiger partial charge in [0.15, 0.2) is 0 Å². The lowest BCUT2D eigenvalue weighted by Gasteiger charge is -2.30. The van der Waals surface area contributed by atoms with Crippen LogP contribution in [0.25, 0.3) is 11.4 Å². The van der Waals surface area contributed by atoms with E-state index in [1.165, 1.54) is 0 Å². The number of ether oxygens (including phenoxy) is 1. The Morgan fingerprint density at radius 3 is 2.61 bits per heavy atom. The van der Waals surface area contributed by atoms with Crippen molar-refractivity contribution in [3.05, 3.63) is 54.4 Å². The molecule has 0 aliphatic carbocycles. The SMILES string of the molecule is COc1ccc(-c2noc(N3CCC(C(=O)NCC4CCN(Cc5ccccn5)C4)CC3)n2)cc1.O=CO. The number of likely N-dealkylation sites (tertiary alicyclic amines) is 1. The Hall–Kier alpha value is -3.99. The van der Waals surface area contributed by atoms with Crippen LogP contribution in [0.5, 0.6) is 5.75 Å². The molecule has 11 heteroatoms. The summed E-state index contributed by atoms with van der Waals surface area (Å²) in [6, 6.07) is 14.1. The van der Waals surface area contributed by atoms with Crippen molar-refractivity contribution in [3.63, 3.8) is 0 Å². The molecule has 11 nitrogen and oxygen atoms in total. The largest absolute Gasteiger partial charge is 0.497 e. The lowest BCUT2D eigenvalue weighted by atomic mass is 9.96. The van der Waals surface area contributed by atoms with Crippen LogP contribution < -0.4 is 15.0 Å². The zero-order valence-electron chi connectivity index (χ0n) is 21.5. The van der Waals surface area contributed by atoms with E-state index in [0.717, 1.165) is 75.5 Å². The molecule has 1 amide bonds. The highest BCUT2D eigenvalue weighted by molar-refractivity contribution is 5.79. The third kappa shape index (κ3) is 7.28. The number of amides is 1. The first kappa shape index (κ1) is 27.1. The Bertz CT molecular complexity index is 1150. The fourth-order valence-corrected chi connectivity index (χ4v) is 4.87. The fourth-order valence-electron chi connectivity index (χ4n) is 4.87. The number of anilines is 1. The standard InChI is InChI=1S/C26H32N6O3.CH2O2/c1-34-23-7-5-20(6-8-23)24-29-26(35-30-24)32-14-10-21(11-15-32)25(33)28-16-19-9-13-31(17-19)18-22-4-2-3-12-27-22;2-1-3/h2-8,12,19,21H,9-11,13-18H2,1H3,(H,28,33);1H,(H,2,3). The van der Waals surface area contributed by atoms with E-state index in [-0.39, 0.29) is 18.3 Å². The quantitative estimate of drug-likeness (QED) is 0.425. The second kappa shape index (κ2) is 13.5. The van der Waals surface area contributed by atoms with Crippen molar-refractivity contribution in [3.8, 4) is 17.1 Å². The van der Waals surface area contributed by atoms with Crippen LogP contribution in [0.2, 0.25) is 0 Å². The molecular weight excluding hydrogens is 488 g/mol. The van der Waals surface area contributed by atoms with Gasteiger partial charge in [-0.15, -0.1) is 0 Å². The van der Waals surface area contributed by atoms with E-state index < -0.39 is 0 Å². The smallest absolute Gasteiger partial charge is 0.324 e. The van der Waals surface area contributed by atoms with Crippen molar-refractivity contribution in [1.82, 2.24) is 25.3 Å². The molecule has 2 saturated heterocycles. The molecule has 0 bridgehead atoms. The molecule has 2 aromatic heterocycles. The zero-order valence-corrected chi connectivity index (χ0v) is 21.5. The van der Waals surface area contributed by atoms with Gasteiger partial charge in [-0.3, -0.25) is 19.5 Å². The average molecular weight is 523 g/mol. The number of nitrogens with one attached hydrogen (secondary N) is 1. The number of nitrogens with zero attached hydrogens (tertiary/aromatic N) is 5. The molecule has 202 valence electrons. The molecule has 0 radical (unpaired) electrons. The number of aromatic nitrogens is 3. The highest BCUT2D eigenvalue weighted by atomic mass is 16.5. The summed E-state index contributed by atoms with van der Waals surface area (Å²) in [5.74, 6) is 2.03. The van der Waals surface area contributed by atoms with E-state index in [0.29, 0.717) is 17.8 Å². The molecule has 0 spiro atoms. The molecule has 2 aliphatic rings. The molecule has 4 heterocycles. The number of rotatable bonds is 8. The minimum Gasteiger partial charge on any atom is -0.497 e. The third-order valence-corrected chi connectivity index (χ3v) is 6.95. The number of carbonyl (C=O) groups is 2. The monoisotopic (exact) mass is 522 g/mol. The molecule has 2 aliphatic heterocycles. The van der Waals surface area contributed by atoms with Gasteiger partial charge < -0.3 is 24.6 Å². The van der Waals surface area contributed by atoms with Crippen LogP contribution in [0.1, 0.15) is 25.0 Å². The number of hydrogen-bond donors (Lipinski definition) is 2. The van der Waals surface area contributed by atoms with Gasteiger partial charge in [-0.1, -0.05) is 11.2 Å². The molecule has 0 saturated carbocycles. The van der Waals surface area contributed by atoms with Crippen LogP contribution in [-0.2, 0) is 16.1 Å².